The number of aliphatic carboxylic acids is 1. The third-order valence-electron chi connectivity index (χ3n) is 4.94. The normalized spacial score (nSPS) is 19.2. The molecule has 1 aromatic heterocycles. The van der Waals surface area contributed by atoms with Crippen LogP contribution in [-0.2, 0) is 20.4 Å². The molecule has 9 heteroatoms. The van der Waals surface area contributed by atoms with Crippen molar-refractivity contribution in [3.8, 4) is 6.07 Å². The first-order valence-electron chi connectivity index (χ1n) is 9.12. The lowest BCUT2D eigenvalue weighted by molar-refractivity contribution is -0.132. The van der Waals surface area contributed by atoms with Crippen LogP contribution in [0.2, 0.25) is 0 Å². The average molecular weight is 424 g/mol. The molecule has 8 nitrogen and oxygen atoms in total. The minimum Gasteiger partial charge on any atom is -0.477 e. The highest BCUT2D eigenvalue weighted by atomic mass is 32.2. The molecule has 1 unspecified atom stereocenters. The van der Waals surface area contributed by atoms with E-state index in [-0.39, 0.29) is 4.90 Å². The van der Waals surface area contributed by atoms with Crippen LogP contribution in [0.1, 0.15) is 31.0 Å². The van der Waals surface area contributed by atoms with Crippen LogP contribution in [0, 0.1) is 11.3 Å². The van der Waals surface area contributed by atoms with E-state index in [1.54, 1.807) is 35.1 Å². The largest absolute Gasteiger partial charge is 0.477 e. The lowest BCUT2D eigenvalue weighted by atomic mass is 9.81. The molecule has 30 heavy (non-hydrogen) atoms. The van der Waals surface area contributed by atoms with Gasteiger partial charge in [-0.15, -0.1) is 0 Å². The maximum atomic E-state index is 11.6. The van der Waals surface area contributed by atoms with Crippen molar-refractivity contribution in [2.45, 2.75) is 30.2 Å². The van der Waals surface area contributed by atoms with Crippen LogP contribution in [0.5, 0.6) is 0 Å². The second kappa shape index (κ2) is 8.10. The van der Waals surface area contributed by atoms with Crippen molar-refractivity contribution in [2.75, 3.05) is 0 Å². The lowest BCUT2D eigenvalue weighted by Gasteiger charge is -2.34. The molecular formula is C21H20N4O4S. The van der Waals surface area contributed by atoms with Gasteiger partial charge < -0.3 is 5.11 Å². The SMILES string of the molecule is CCC1=CC(c2ccc(S(N)(=O)=O)cc2)(n2ccc(C=C(C#N)C(=O)O)n2)CC=C1. The number of carboxylic acid groups (broad SMARTS) is 1. The van der Waals surface area contributed by atoms with Crippen LogP contribution in [0.3, 0.4) is 0 Å². The quantitative estimate of drug-likeness (QED) is 0.540. The number of nitrogens with zero attached hydrogens (tertiary/aromatic N) is 3. The fraction of sp³-hybridized carbons (Fsp3) is 0.190. The van der Waals surface area contributed by atoms with Gasteiger partial charge in [0.15, 0.2) is 0 Å². The van der Waals surface area contributed by atoms with Crippen molar-refractivity contribution in [1.29, 1.82) is 5.26 Å². The first-order valence-corrected chi connectivity index (χ1v) is 10.7. The molecule has 1 heterocycles. The van der Waals surface area contributed by atoms with Crippen molar-refractivity contribution < 1.29 is 18.3 Å². The molecule has 3 rings (SSSR count). The van der Waals surface area contributed by atoms with Gasteiger partial charge in [0, 0.05) is 6.20 Å². The van der Waals surface area contributed by atoms with Crippen LogP contribution in [0.25, 0.3) is 6.08 Å². The molecule has 2 aromatic rings. The van der Waals surface area contributed by atoms with Crippen LogP contribution in [-0.4, -0.2) is 29.3 Å². The highest BCUT2D eigenvalue weighted by Gasteiger charge is 2.34. The van der Waals surface area contributed by atoms with E-state index in [2.05, 4.69) is 11.2 Å². The number of nitrogens with two attached hydrogens (primary N) is 1. The van der Waals surface area contributed by atoms with Gasteiger partial charge in [-0.2, -0.15) is 10.4 Å². The minimum atomic E-state index is -3.82. The summed E-state index contributed by atoms with van der Waals surface area (Å²) in [7, 11) is -3.82. The molecule has 0 saturated carbocycles. The molecule has 0 bridgehead atoms. The zero-order valence-electron chi connectivity index (χ0n) is 16.2. The summed E-state index contributed by atoms with van der Waals surface area (Å²) in [5.74, 6) is -1.32. The molecule has 0 fully saturated rings. The highest BCUT2D eigenvalue weighted by Crippen LogP contribution is 2.37. The summed E-state index contributed by atoms with van der Waals surface area (Å²) in [5.41, 5.74) is 1.05. The van der Waals surface area contributed by atoms with Crippen LogP contribution >= 0.6 is 0 Å². The van der Waals surface area contributed by atoms with Gasteiger partial charge in [0.1, 0.15) is 17.2 Å². The van der Waals surface area contributed by atoms with Crippen LogP contribution < -0.4 is 5.14 Å². The van der Waals surface area contributed by atoms with Gasteiger partial charge >= 0.3 is 5.97 Å². The van der Waals surface area contributed by atoms with E-state index in [9.17, 15) is 13.2 Å². The number of hydrogen-bond donors (Lipinski definition) is 2. The Morgan fingerprint density at radius 3 is 2.63 bits per heavy atom. The predicted molar refractivity (Wildman–Crippen MR) is 110 cm³/mol. The predicted octanol–water partition coefficient (Wildman–Crippen LogP) is 2.56. The molecule has 1 aliphatic rings. The maximum absolute atomic E-state index is 11.6. The Balaban J connectivity index is 2.14. The topological polar surface area (TPSA) is 139 Å². The molecule has 0 amide bonds. The van der Waals surface area contributed by atoms with Crippen molar-refractivity contribution in [2.24, 2.45) is 5.14 Å². The van der Waals surface area contributed by atoms with Gasteiger partial charge in [0.05, 0.1) is 10.6 Å². The monoisotopic (exact) mass is 424 g/mol. The lowest BCUT2D eigenvalue weighted by Crippen LogP contribution is -2.34. The second-order valence-electron chi connectivity index (χ2n) is 6.83. The van der Waals surface area contributed by atoms with Gasteiger partial charge in [-0.05, 0) is 54.3 Å². The number of sulfonamides is 1. The van der Waals surface area contributed by atoms with Crippen LogP contribution in [0.15, 0.2) is 70.8 Å². The van der Waals surface area contributed by atoms with Crippen molar-refractivity contribution >= 4 is 22.1 Å². The number of hydrogen-bond acceptors (Lipinski definition) is 5. The molecule has 0 radical (unpaired) electrons. The van der Waals surface area contributed by atoms with E-state index in [0.29, 0.717) is 12.1 Å². The Morgan fingerprint density at radius 2 is 2.07 bits per heavy atom. The summed E-state index contributed by atoms with van der Waals surface area (Å²) in [6, 6.07) is 9.55. The number of carboxylic acids is 1. The number of primary sulfonamides is 1. The fourth-order valence-corrected chi connectivity index (χ4v) is 3.89. The van der Waals surface area contributed by atoms with Gasteiger partial charge in [-0.25, -0.2) is 18.4 Å². The highest BCUT2D eigenvalue weighted by molar-refractivity contribution is 7.89. The van der Waals surface area contributed by atoms with E-state index < -0.39 is 27.1 Å². The number of benzene rings is 1. The Hall–Kier alpha value is -3.48. The summed E-state index contributed by atoms with van der Waals surface area (Å²) in [6.07, 6.45) is 10.4. The Labute approximate surface area is 174 Å². The molecule has 0 spiro atoms. The average Bonchev–Trinajstić information content (AvgIpc) is 3.20. The van der Waals surface area contributed by atoms with E-state index in [1.807, 2.05) is 19.1 Å². The molecule has 1 aromatic carbocycles. The van der Waals surface area contributed by atoms with Gasteiger partial charge in [0.2, 0.25) is 10.0 Å². The van der Waals surface area contributed by atoms with E-state index in [0.717, 1.165) is 17.6 Å². The summed E-state index contributed by atoms with van der Waals surface area (Å²) in [4.78, 5) is 11.1. The summed E-state index contributed by atoms with van der Waals surface area (Å²) in [5, 5.41) is 27.8. The van der Waals surface area contributed by atoms with E-state index >= 15 is 0 Å². The molecular weight excluding hydrogens is 404 g/mol. The zero-order valence-corrected chi connectivity index (χ0v) is 17.0. The first-order chi connectivity index (χ1) is 14.2. The Morgan fingerprint density at radius 1 is 1.37 bits per heavy atom. The Kier molecular flexibility index (Phi) is 5.73. The summed E-state index contributed by atoms with van der Waals surface area (Å²) in [6.45, 7) is 2.03. The zero-order chi connectivity index (χ0) is 21.9. The third-order valence-corrected chi connectivity index (χ3v) is 5.87. The third kappa shape index (κ3) is 4.10. The smallest absolute Gasteiger partial charge is 0.346 e. The maximum Gasteiger partial charge on any atom is 0.346 e. The van der Waals surface area contributed by atoms with Crippen molar-refractivity contribution in [3.63, 3.8) is 0 Å². The van der Waals surface area contributed by atoms with Gasteiger partial charge in [-0.1, -0.05) is 31.2 Å². The number of carbonyl (C=O) groups is 1. The molecule has 1 atom stereocenters. The number of allylic oxidation sites excluding steroid dienone is 4. The Bertz CT molecular complexity index is 1210. The molecule has 3 N–H and O–H groups in total. The standard InChI is InChI=1S/C21H20N4O4S/c1-2-15-4-3-10-21(13-15,17-5-7-19(8-6-17)30(23,28)29)25-11-9-18(24-25)12-16(14-22)20(26)27/h3-9,11-13H,2,10H2,1H3,(H,26,27)(H2,23,28,29). The summed E-state index contributed by atoms with van der Waals surface area (Å²) >= 11 is 0. The first kappa shape index (κ1) is 21.2. The van der Waals surface area contributed by atoms with Crippen molar-refractivity contribution in [1.82, 2.24) is 9.78 Å². The van der Waals surface area contributed by atoms with E-state index in [1.165, 1.54) is 18.2 Å². The molecule has 0 aliphatic heterocycles. The van der Waals surface area contributed by atoms with Gasteiger partial charge in [0.25, 0.3) is 0 Å². The minimum absolute atomic E-state index is 0.0108. The number of nitriles is 1. The van der Waals surface area contributed by atoms with Crippen molar-refractivity contribution in [3.05, 3.63) is 77.2 Å². The number of rotatable bonds is 6. The van der Waals surface area contributed by atoms with Crippen LogP contribution in [0.4, 0.5) is 0 Å². The van der Waals surface area contributed by atoms with E-state index in [4.69, 9.17) is 15.5 Å². The molecule has 154 valence electrons. The molecule has 1 aliphatic carbocycles. The van der Waals surface area contributed by atoms with Gasteiger partial charge in [-0.3, -0.25) is 4.68 Å². The molecule has 0 saturated heterocycles. The fourth-order valence-electron chi connectivity index (χ4n) is 3.38. The number of aromatic nitrogens is 2. The summed E-state index contributed by atoms with van der Waals surface area (Å²) < 4.78 is 24.9. The second-order valence-corrected chi connectivity index (χ2v) is 8.39.